The number of carbonyl (C=O) groups is 2. The van der Waals surface area contributed by atoms with Crippen LogP contribution in [0.1, 0.15) is 13.3 Å². The Morgan fingerprint density at radius 1 is 1.45 bits per heavy atom. The Balaban J connectivity index is 1.83. The van der Waals surface area contributed by atoms with Gasteiger partial charge < -0.3 is 10.2 Å². The number of aromatic nitrogens is 3. The lowest BCUT2D eigenvalue weighted by Gasteiger charge is -2.27. The number of anilines is 2. The van der Waals surface area contributed by atoms with Crippen molar-refractivity contribution in [3.05, 3.63) is 30.6 Å². The maximum atomic E-state index is 12.6. The summed E-state index contributed by atoms with van der Waals surface area (Å²) in [6.07, 6.45) is 1.67. The SMILES string of the molecule is C[C@@H]1CC(=O)Nc2ccccc2N1C(=O)CSc1ncn[nH]1. The molecule has 0 saturated carbocycles. The van der Waals surface area contributed by atoms with Crippen LogP contribution in [-0.2, 0) is 9.59 Å². The lowest BCUT2D eigenvalue weighted by atomic mass is 10.2. The lowest BCUT2D eigenvalue weighted by molar-refractivity contribution is -0.117. The second-order valence-electron chi connectivity index (χ2n) is 4.96. The lowest BCUT2D eigenvalue weighted by Crippen LogP contribution is -2.40. The minimum Gasteiger partial charge on any atom is -0.324 e. The highest BCUT2D eigenvalue weighted by atomic mass is 32.2. The number of carbonyl (C=O) groups excluding carboxylic acids is 2. The van der Waals surface area contributed by atoms with Crippen LogP contribution < -0.4 is 10.2 Å². The van der Waals surface area contributed by atoms with E-state index in [4.69, 9.17) is 0 Å². The van der Waals surface area contributed by atoms with Crippen molar-refractivity contribution in [2.24, 2.45) is 0 Å². The molecule has 0 saturated heterocycles. The molecule has 22 heavy (non-hydrogen) atoms. The molecule has 3 rings (SSSR count). The number of benzene rings is 1. The van der Waals surface area contributed by atoms with Gasteiger partial charge in [0.15, 0.2) is 5.16 Å². The first kappa shape index (κ1) is 14.6. The van der Waals surface area contributed by atoms with E-state index >= 15 is 0 Å². The smallest absolute Gasteiger partial charge is 0.237 e. The van der Waals surface area contributed by atoms with Crippen LogP contribution in [0.3, 0.4) is 0 Å². The number of amides is 2. The summed E-state index contributed by atoms with van der Waals surface area (Å²) in [5.41, 5.74) is 1.39. The van der Waals surface area contributed by atoms with Gasteiger partial charge in [0.05, 0.1) is 17.1 Å². The molecule has 0 bridgehead atoms. The molecule has 0 aliphatic carbocycles. The Labute approximate surface area is 131 Å². The van der Waals surface area contributed by atoms with Gasteiger partial charge in [0, 0.05) is 12.5 Å². The van der Waals surface area contributed by atoms with Gasteiger partial charge in [0.25, 0.3) is 0 Å². The number of thioether (sulfide) groups is 1. The fraction of sp³-hybridized carbons (Fsp3) is 0.286. The van der Waals surface area contributed by atoms with Crippen molar-refractivity contribution < 1.29 is 9.59 Å². The van der Waals surface area contributed by atoms with Crippen molar-refractivity contribution >= 4 is 35.0 Å². The molecule has 114 valence electrons. The quantitative estimate of drug-likeness (QED) is 0.840. The zero-order chi connectivity index (χ0) is 15.5. The van der Waals surface area contributed by atoms with E-state index < -0.39 is 0 Å². The predicted molar refractivity (Wildman–Crippen MR) is 83.7 cm³/mol. The molecule has 2 heterocycles. The molecular formula is C14H15N5O2S. The van der Waals surface area contributed by atoms with Gasteiger partial charge in [-0.3, -0.25) is 14.7 Å². The average Bonchev–Trinajstić information content (AvgIpc) is 2.96. The minimum atomic E-state index is -0.202. The summed E-state index contributed by atoms with van der Waals surface area (Å²) in [4.78, 5) is 30.2. The zero-order valence-electron chi connectivity index (χ0n) is 11.9. The molecule has 0 fully saturated rings. The van der Waals surface area contributed by atoms with Gasteiger partial charge in [-0.25, -0.2) is 4.98 Å². The summed E-state index contributed by atoms with van der Waals surface area (Å²) >= 11 is 1.29. The molecule has 1 atom stereocenters. The van der Waals surface area contributed by atoms with Crippen LogP contribution in [0.25, 0.3) is 0 Å². The van der Waals surface area contributed by atoms with E-state index in [9.17, 15) is 9.59 Å². The largest absolute Gasteiger partial charge is 0.324 e. The average molecular weight is 317 g/mol. The fourth-order valence-electron chi connectivity index (χ4n) is 2.43. The number of hydrogen-bond donors (Lipinski definition) is 2. The number of hydrogen-bond acceptors (Lipinski definition) is 5. The number of nitrogens with one attached hydrogen (secondary N) is 2. The van der Waals surface area contributed by atoms with Crippen molar-refractivity contribution in [2.45, 2.75) is 24.5 Å². The first-order chi connectivity index (χ1) is 10.6. The summed E-state index contributed by atoms with van der Waals surface area (Å²) in [7, 11) is 0. The maximum absolute atomic E-state index is 12.6. The van der Waals surface area contributed by atoms with E-state index in [1.54, 1.807) is 11.0 Å². The summed E-state index contributed by atoms with van der Waals surface area (Å²) in [6, 6.07) is 7.13. The standard InChI is InChI=1S/C14H15N5O2S/c1-9-6-12(20)17-10-4-2-3-5-11(10)19(9)13(21)7-22-14-15-8-16-18-14/h2-5,8-9H,6-7H2,1H3,(H,17,20)(H,15,16,18)/t9-/m1/s1. The second kappa shape index (κ2) is 6.18. The molecule has 8 heteroatoms. The molecule has 1 aliphatic rings. The van der Waals surface area contributed by atoms with Crippen LogP contribution in [0.4, 0.5) is 11.4 Å². The summed E-state index contributed by atoms with van der Waals surface area (Å²) in [5, 5.41) is 9.90. The Hall–Kier alpha value is -2.35. The van der Waals surface area contributed by atoms with Crippen LogP contribution in [-0.4, -0.2) is 38.8 Å². The topological polar surface area (TPSA) is 91.0 Å². The van der Waals surface area contributed by atoms with Gasteiger partial charge in [-0.05, 0) is 19.1 Å². The highest BCUT2D eigenvalue weighted by Gasteiger charge is 2.29. The van der Waals surface area contributed by atoms with Crippen LogP contribution in [0, 0.1) is 0 Å². The summed E-state index contributed by atoms with van der Waals surface area (Å²) < 4.78 is 0. The number of H-pyrrole nitrogens is 1. The van der Waals surface area contributed by atoms with E-state index in [0.29, 0.717) is 10.8 Å². The molecule has 1 aromatic heterocycles. The highest BCUT2D eigenvalue weighted by molar-refractivity contribution is 7.99. The third-order valence-corrected chi connectivity index (χ3v) is 4.21. The molecule has 1 aromatic carbocycles. The van der Waals surface area contributed by atoms with Gasteiger partial charge in [-0.1, -0.05) is 23.9 Å². The monoisotopic (exact) mass is 317 g/mol. The number of fused-ring (bicyclic) bond motifs is 1. The third-order valence-electron chi connectivity index (χ3n) is 3.35. The third kappa shape index (κ3) is 2.96. The van der Waals surface area contributed by atoms with Gasteiger partial charge in [-0.15, -0.1) is 0 Å². The molecule has 2 aromatic rings. The van der Waals surface area contributed by atoms with Crippen LogP contribution >= 0.6 is 11.8 Å². The number of aromatic amines is 1. The van der Waals surface area contributed by atoms with Gasteiger partial charge in [-0.2, -0.15) is 5.10 Å². The maximum Gasteiger partial charge on any atom is 0.237 e. The van der Waals surface area contributed by atoms with Gasteiger partial charge >= 0.3 is 0 Å². The van der Waals surface area contributed by atoms with E-state index in [1.807, 2.05) is 25.1 Å². The normalized spacial score (nSPS) is 17.6. The second-order valence-corrected chi connectivity index (χ2v) is 5.93. The van der Waals surface area contributed by atoms with Crippen molar-refractivity contribution in [3.63, 3.8) is 0 Å². The van der Waals surface area contributed by atoms with E-state index in [2.05, 4.69) is 20.5 Å². The van der Waals surface area contributed by atoms with Crippen LogP contribution in [0.15, 0.2) is 35.7 Å². The first-order valence-corrected chi connectivity index (χ1v) is 7.83. The number of nitrogens with zero attached hydrogens (tertiary/aromatic N) is 3. The van der Waals surface area contributed by atoms with Crippen LogP contribution in [0.2, 0.25) is 0 Å². The molecular weight excluding hydrogens is 302 g/mol. The van der Waals surface area contributed by atoms with Crippen molar-refractivity contribution in [1.82, 2.24) is 15.2 Å². The predicted octanol–water partition coefficient (Wildman–Crippen LogP) is 1.66. The molecule has 0 spiro atoms. The van der Waals surface area contributed by atoms with Crippen molar-refractivity contribution in [2.75, 3.05) is 16.0 Å². The van der Waals surface area contributed by atoms with E-state index in [1.165, 1.54) is 18.1 Å². The van der Waals surface area contributed by atoms with Gasteiger partial charge in [0.1, 0.15) is 6.33 Å². The molecule has 0 radical (unpaired) electrons. The molecule has 1 aliphatic heterocycles. The number of rotatable bonds is 3. The summed E-state index contributed by atoms with van der Waals surface area (Å²) in [5.74, 6) is 0.0678. The Morgan fingerprint density at radius 2 is 2.27 bits per heavy atom. The highest BCUT2D eigenvalue weighted by Crippen LogP contribution is 2.31. The Kier molecular flexibility index (Phi) is 4.10. The molecule has 7 nitrogen and oxygen atoms in total. The first-order valence-electron chi connectivity index (χ1n) is 6.84. The fourth-order valence-corrected chi connectivity index (χ4v) is 3.07. The van der Waals surface area contributed by atoms with E-state index in [0.717, 1.165) is 5.69 Å². The van der Waals surface area contributed by atoms with Crippen molar-refractivity contribution in [1.29, 1.82) is 0 Å². The van der Waals surface area contributed by atoms with Crippen LogP contribution in [0.5, 0.6) is 0 Å². The molecule has 2 N–H and O–H groups in total. The minimum absolute atomic E-state index is 0.0714. The zero-order valence-corrected chi connectivity index (χ0v) is 12.8. The molecule has 2 amide bonds. The van der Waals surface area contributed by atoms with Crippen molar-refractivity contribution in [3.8, 4) is 0 Å². The summed E-state index contributed by atoms with van der Waals surface area (Å²) in [6.45, 7) is 1.87. The Bertz CT molecular complexity index is 688. The Morgan fingerprint density at radius 3 is 3.05 bits per heavy atom. The van der Waals surface area contributed by atoms with E-state index in [-0.39, 0.29) is 30.0 Å². The van der Waals surface area contributed by atoms with Gasteiger partial charge in [0.2, 0.25) is 11.8 Å². The molecule has 0 unspecified atom stereocenters. The number of para-hydroxylation sites is 2.